The molecule has 9 heteroatoms. The Morgan fingerprint density at radius 2 is 1.85 bits per heavy atom. The predicted octanol–water partition coefficient (Wildman–Crippen LogP) is -0.979. The standard InChI is InChI=1S/C11H23N3O4S2/c1-13(11-4-7-19(15,16)9-11)20(17,18)14-5-2-10(8-12)3-6-14/h10-11H,2-9,12H2,1H3. The molecule has 2 fully saturated rings. The van der Waals surface area contributed by atoms with Gasteiger partial charge in [-0.25, -0.2) is 8.42 Å². The maximum absolute atomic E-state index is 12.5. The van der Waals surface area contributed by atoms with Crippen LogP contribution < -0.4 is 5.73 Å². The average Bonchev–Trinajstić information content (AvgIpc) is 2.78. The number of sulfone groups is 1. The van der Waals surface area contributed by atoms with E-state index in [0.717, 1.165) is 12.8 Å². The number of piperidine rings is 1. The molecule has 1 unspecified atom stereocenters. The SMILES string of the molecule is CN(C1CCS(=O)(=O)C1)S(=O)(=O)N1CCC(CN)CC1. The Morgan fingerprint density at radius 1 is 1.25 bits per heavy atom. The molecule has 0 aromatic heterocycles. The van der Waals surface area contributed by atoms with E-state index in [4.69, 9.17) is 5.73 Å². The fourth-order valence-electron chi connectivity index (χ4n) is 2.81. The molecule has 0 spiro atoms. The highest BCUT2D eigenvalue weighted by atomic mass is 32.2. The summed E-state index contributed by atoms with van der Waals surface area (Å²) in [7, 11) is -5.17. The molecule has 2 rings (SSSR count). The molecule has 0 aliphatic carbocycles. The number of nitrogens with two attached hydrogens (primary N) is 1. The van der Waals surface area contributed by atoms with E-state index in [1.165, 1.54) is 15.7 Å². The molecule has 2 N–H and O–H groups in total. The van der Waals surface area contributed by atoms with Crippen LogP contribution in [0.2, 0.25) is 0 Å². The van der Waals surface area contributed by atoms with Crippen LogP contribution in [0.3, 0.4) is 0 Å². The molecule has 0 bridgehead atoms. The van der Waals surface area contributed by atoms with Crippen LogP contribution in [0.5, 0.6) is 0 Å². The van der Waals surface area contributed by atoms with E-state index in [1.807, 2.05) is 0 Å². The summed E-state index contributed by atoms with van der Waals surface area (Å²) < 4.78 is 50.7. The van der Waals surface area contributed by atoms with Gasteiger partial charge in [-0.05, 0) is 31.7 Å². The molecule has 0 radical (unpaired) electrons. The number of nitrogens with zero attached hydrogens (tertiary/aromatic N) is 2. The second-order valence-corrected chi connectivity index (χ2v) is 9.88. The lowest BCUT2D eigenvalue weighted by Gasteiger charge is -2.35. The van der Waals surface area contributed by atoms with Gasteiger partial charge in [0.2, 0.25) is 0 Å². The van der Waals surface area contributed by atoms with E-state index in [9.17, 15) is 16.8 Å². The Bertz CT molecular complexity index is 538. The van der Waals surface area contributed by atoms with E-state index in [-0.39, 0.29) is 11.5 Å². The molecule has 20 heavy (non-hydrogen) atoms. The molecule has 7 nitrogen and oxygen atoms in total. The summed E-state index contributed by atoms with van der Waals surface area (Å²) in [6, 6.07) is -0.433. The minimum absolute atomic E-state index is 0.0675. The molecule has 1 atom stereocenters. The zero-order chi connectivity index (χ0) is 15.0. The summed E-state index contributed by atoms with van der Waals surface area (Å²) in [4.78, 5) is 0. The summed E-state index contributed by atoms with van der Waals surface area (Å²) in [5.74, 6) is 0.396. The zero-order valence-electron chi connectivity index (χ0n) is 11.7. The van der Waals surface area contributed by atoms with E-state index in [1.54, 1.807) is 0 Å². The van der Waals surface area contributed by atoms with Gasteiger partial charge < -0.3 is 5.73 Å². The molecule has 2 aliphatic rings. The summed E-state index contributed by atoms with van der Waals surface area (Å²) >= 11 is 0. The minimum Gasteiger partial charge on any atom is -0.330 e. The highest BCUT2D eigenvalue weighted by Crippen LogP contribution is 2.24. The second-order valence-electron chi connectivity index (χ2n) is 5.66. The fraction of sp³-hybridized carbons (Fsp3) is 1.00. The van der Waals surface area contributed by atoms with Crippen LogP contribution in [-0.4, -0.2) is 69.7 Å². The van der Waals surface area contributed by atoms with Crippen LogP contribution in [0.25, 0.3) is 0 Å². The summed E-state index contributed by atoms with van der Waals surface area (Å²) in [5, 5.41) is 0. The van der Waals surface area contributed by atoms with Crippen LogP contribution in [0, 0.1) is 5.92 Å². The van der Waals surface area contributed by atoms with E-state index in [2.05, 4.69) is 0 Å². The second kappa shape index (κ2) is 5.88. The van der Waals surface area contributed by atoms with Gasteiger partial charge in [-0.2, -0.15) is 17.0 Å². The van der Waals surface area contributed by atoms with E-state index in [0.29, 0.717) is 32.0 Å². The lowest BCUT2D eigenvalue weighted by atomic mass is 9.99. The van der Waals surface area contributed by atoms with Crippen molar-refractivity contribution in [3.8, 4) is 0 Å². The van der Waals surface area contributed by atoms with Gasteiger partial charge in [0.15, 0.2) is 9.84 Å². The summed E-state index contributed by atoms with van der Waals surface area (Å²) in [6.07, 6.45) is 1.93. The Labute approximate surface area is 121 Å². The lowest BCUT2D eigenvalue weighted by Crippen LogP contribution is -2.49. The third kappa shape index (κ3) is 3.33. The van der Waals surface area contributed by atoms with Gasteiger partial charge in [0, 0.05) is 26.2 Å². The summed E-state index contributed by atoms with van der Waals surface area (Å²) in [6.45, 7) is 1.52. The topological polar surface area (TPSA) is 101 Å². The minimum atomic E-state index is -3.57. The van der Waals surface area contributed by atoms with Gasteiger partial charge in [0.1, 0.15) is 0 Å². The van der Waals surface area contributed by atoms with Crippen molar-refractivity contribution in [2.45, 2.75) is 25.3 Å². The molecular formula is C11H23N3O4S2. The van der Waals surface area contributed by atoms with Crippen molar-refractivity contribution in [2.24, 2.45) is 11.7 Å². The van der Waals surface area contributed by atoms with Crippen molar-refractivity contribution < 1.29 is 16.8 Å². The zero-order valence-corrected chi connectivity index (χ0v) is 13.4. The highest BCUT2D eigenvalue weighted by molar-refractivity contribution is 7.91. The van der Waals surface area contributed by atoms with Crippen LogP contribution in [0.4, 0.5) is 0 Å². The molecule has 0 saturated carbocycles. The quantitative estimate of drug-likeness (QED) is 0.716. The fourth-order valence-corrected chi connectivity index (χ4v) is 6.27. The van der Waals surface area contributed by atoms with Gasteiger partial charge >= 0.3 is 0 Å². The highest BCUT2D eigenvalue weighted by Gasteiger charge is 2.39. The monoisotopic (exact) mass is 325 g/mol. The van der Waals surface area contributed by atoms with Crippen LogP contribution in [0.1, 0.15) is 19.3 Å². The number of hydrogen-bond acceptors (Lipinski definition) is 5. The molecule has 0 aromatic carbocycles. The van der Waals surface area contributed by atoms with Crippen molar-refractivity contribution in [3.05, 3.63) is 0 Å². The van der Waals surface area contributed by atoms with Crippen molar-refractivity contribution in [1.29, 1.82) is 0 Å². The first-order chi connectivity index (χ1) is 9.26. The van der Waals surface area contributed by atoms with Crippen molar-refractivity contribution >= 4 is 20.0 Å². The Balaban J connectivity index is 2.03. The molecule has 2 aliphatic heterocycles. The van der Waals surface area contributed by atoms with Crippen LogP contribution in [-0.2, 0) is 20.0 Å². The van der Waals surface area contributed by atoms with Crippen molar-refractivity contribution in [2.75, 3.05) is 38.2 Å². The number of hydrogen-bond donors (Lipinski definition) is 1. The van der Waals surface area contributed by atoms with Gasteiger partial charge in [-0.15, -0.1) is 0 Å². The lowest BCUT2D eigenvalue weighted by molar-refractivity contribution is 0.255. The average molecular weight is 325 g/mol. The van der Waals surface area contributed by atoms with Crippen LogP contribution >= 0.6 is 0 Å². The Hall–Kier alpha value is -0.220. The van der Waals surface area contributed by atoms with E-state index < -0.39 is 26.1 Å². The van der Waals surface area contributed by atoms with E-state index >= 15 is 0 Å². The van der Waals surface area contributed by atoms with Crippen molar-refractivity contribution in [3.63, 3.8) is 0 Å². The van der Waals surface area contributed by atoms with Gasteiger partial charge in [0.05, 0.1) is 11.5 Å². The normalized spacial score (nSPS) is 29.1. The summed E-state index contributed by atoms with van der Waals surface area (Å²) in [5.41, 5.74) is 5.60. The first-order valence-electron chi connectivity index (χ1n) is 6.90. The van der Waals surface area contributed by atoms with Gasteiger partial charge in [-0.3, -0.25) is 0 Å². The smallest absolute Gasteiger partial charge is 0.282 e. The van der Waals surface area contributed by atoms with Crippen molar-refractivity contribution in [1.82, 2.24) is 8.61 Å². The third-order valence-corrected chi connectivity index (χ3v) is 8.11. The third-order valence-electron chi connectivity index (χ3n) is 4.32. The molecule has 2 saturated heterocycles. The molecule has 0 amide bonds. The molecular weight excluding hydrogens is 302 g/mol. The van der Waals surface area contributed by atoms with Crippen LogP contribution in [0.15, 0.2) is 0 Å². The Morgan fingerprint density at radius 3 is 2.30 bits per heavy atom. The van der Waals surface area contributed by atoms with Gasteiger partial charge in [0.25, 0.3) is 10.2 Å². The maximum Gasteiger partial charge on any atom is 0.282 e. The first-order valence-corrected chi connectivity index (χ1v) is 10.1. The molecule has 2 heterocycles. The molecule has 118 valence electrons. The number of rotatable bonds is 4. The Kier molecular flexibility index (Phi) is 4.75. The first kappa shape index (κ1) is 16.2. The van der Waals surface area contributed by atoms with Gasteiger partial charge in [-0.1, -0.05) is 0 Å². The largest absolute Gasteiger partial charge is 0.330 e. The molecule has 0 aromatic rings. The maximum atomic E-state index is 12.5. The predicted molar refractivity (Wildman–Crippen MR) is 77.1 cm³/mol.